The molecule has 2 aromatic rings. The summed E-state index contributed by atoms with van der Waals surface area (Å²) in [4.78, 5) is 22.7. The van der Waals surface area contributed by atoms with Crippen molar-refractivity contribution in [2.75, 3.05) is 0 Å². The summed E-state index contributed by atoms with van der Waals surface area (Å²) in [5.74, 6) is -0.778. The minimum atomic E-state index is -3.93. The fraction of sp³-hybridized carbons (Fsp3) is 0.143. The highest BCUT2D eigenvalue weighted by Crippen LogP contribution is 2.12. The molecule has 0 atom stereocenters. The van der Waals surface area contributed by atoms with Crippen LogP contribution < -0.4 is 4.72 Å². The van der Waals surface area contributed by atoms with Gasteiger partial charge in [-0.1, -0.05) is 17.7 Å². The largest absolute Gasteiger partial charge is 0.348 e. The number of aryl methyl sites for hydroxylation is 2. The quantitative estimate of drug-likeness (QED) is 0.862. The summed E-state index contributed by atoms with van der Waals surface area (Å²) in [6.07, 6.45) is 1.98. The first kappa shape index (κ1) is 15.0. The number of hydrogen-bond donors (Lipinski definition) is 1. The van der Waals surface area contributed by atoms with Gasteiger partial charge in [-0.05, 0) is 25.1 Å². The molecule has 0 saturated heterocycles. The number of aldehydes is 1. The molecule has 1 amide bonds. The predicted octanol–water partition coefficient (Wildman–Crippen LogP) is 1.26. The Morgan fingerprint density at radius 1 is 1.24 bits per heavy atom. The van der Waals surface area contributed by atoms with E-state index >= 15 is 0 Å². The number of carbonyl (C=O) groups excluding carboxylic acids is 2. The average Bonchev–Trinajstić information content (AvgIpc) is 2.80. The summed E-state index contributed by atoms with van der Waals surface area (Å²) in [5, 5.41) is 0. The molecule has 0 unspecified atom stereocenters. The maximum atomic E-state index is 12.1. The maximum Gasteiger partial charge on any atom is 0.266 e. The van der Waals surface area contributed by atoms with E-state index in [1.54, 1.807) is 19.2 Å². The first-order valence-electron chi connectivity index (χ1n) is 6.09. The van der Waals surface area contributed by atoms with E-state index in [-0.39, 0.29) is 16.2 Å². The Morgan fingerprint density at radius 3 is 2.38 bits per heavy atom. The van der Waals surface area contributed by atoms with Gasteiger partial charge in [0.25, 0.3) is 15.9 Å². The van der Waals surface area contributed by atoms with Crippen molar-refractivity contribution < 1.29 is 18.0 Å². The normalized spacial score (nSPS) is 11.1. The standard InChI is InChI=1S/C14H14N2O4S/c1-10-3-5-13(6-4-10)21(19,20)15-14(18)11-7-12(9-17)16(2)8-11/h3-9H,1-2H3,(H,15,18). The molecule has 7 heteroatoms. The fourth-order valence-electron chi connectivity index (χ4n) is 1.78. The minimum absolute atomic E-state index is 0.00740. The van der Waals surface area contributed by atoms with Crippen LogP contribution in [-0.2, 0) is 17.1 Å². The zero-order chi connectivity index (χ0) is 15.6. The lowest BCUT2D eigenvalue weighted by Crippen LogP contribution is -2.30. The topological polar surface area (TPSA) is 85.2 Å². The van der Waals surface area contributed by atoms with Gasteiger partial charge in [0.2, 0.25) is 0 Å². The van der Waals surface area contributed by atoms with Gasteiger partial charge in [0.05, 0.1) is 16.2 Å². The van der Waals surface area contributed by atoms with Crippen molar-refractivity contribution in [3.63, 3.8) is 0 Å². The van der Waals surface area contributed by atoms with Crippen LogP contribution in [0.1, 0.15) is 26.4 Å². The number of sulfonamides is 1. The third-order valence-corrected chi connectivity index (χ3v) is 4.33. The van der Waals surface area contributed by atoms with Gasteiger partial charge in [0, 0.05) is 13.2 Å². The Balaban J connectivity index is 2.25. The molecule has 6 nitrogen and oxygen atoms in total. The van der Waals surface area contributed by atoms with E-state index in [9.17, 15) is 18.0 Å². The van der Waals surface area contributed by atoms with Crippen molar-refractivity contribution in [3.05, 3.63) is 53.3 Å². The van der Waals surface area contributed by atoms with Gasteiger partial charge in [-0.25, -0.2) is 13.1 Å². The van der Waals surface area contributed by atoms with E-state index in [0.717, 1.165) is 5.56 Å². The Hall–Kier alpha value is -2.41. The van der Waals surface area contributed by atoms with Gasteiger partial charge >= 0.3 is 0 Å². The molecular weight excluding hydrogens is 292 g/mol. The minimum Gasteiger partial charge on any atom is -0.348 e. The Kier molecular flexibility index (Phi) is 3.95. The number of amides is 1. The number of nitrogens with zero attached hydrogens (tertiary/aromatic N) is 1. The third-order valence-electron chi connectivity index (χ3n) is 2.98. The Morgan fingerprint density at radius 2 is 1.86 bits per heavy atom. The summed E-state index contributed by atoms with van der Waals surface area (Å²) in [6.45, 7) is 1.83. The highest BCUT2D eigenvalue weighted by molar-refractivity contribution is 7.90. The van der Waals surface area contributed by atoms with Gasteiger partial charge in [-0.15, -0.1) is 0 Å². The lowest BCUT2D eigenvalue weighted by atomic mass is 10.2. The Bertz CT molecular complexity index is 789. The highest BCUT2D eigenvalue weighted by atomic mass is 32.2. The lowest BCUT2D eigenvalue weighted by Gasteiger charge is -2.06. The van der Waals surface area contributed by atoms with Crippen LogP contribution in [0, 0.1) is 6.92 Å². The van der Waals surface area contributed by atoms with Crippen molar-refractivity contribution in [2.24, 2.45) is 7.05 Å². The lowest BCUT2D eigenvalue weighted by molar-refractivity contribution is 0.0981. The van der Waals surface area contributed by atoms with Crippen LogP contribution in [0.25, 0.3) is 0 Å². The summed E-state index contributed by atoms with van der Waals surface area (Å²) >= 11 is 0. The van der Waals surface area contributed by atoms with Gasteiger partial charge in [0.1, 0.15) is 0 Å². The predicted molar refractivity (Wildman–Crippen MR) is 76.6 cm³/mol. The van der Waals surface area contributed by atoms with Crippen molar-refractivity contribution in [1.29, 1.82) is 0 Å². The van der Waals surface area contributed by atoms with E-state index < -0.39 is 15.9 Å². The molecule has 1 aromatic carbocycles. The summed E-state index contributed by atoms with van der Waals surface area (Å²) in [6, 6.07) is 7.46. The second-order valence-electron chi connectivity index (χ2n) is 4.63. The number of rotatable bonds is 4. The summed E-state index contributed by atoms with van der Waals surface area (Å²) in [7, 11) is -2.34. The second-order valence-corrected chi connectivity index (χ2v) is 6.31. The molecule has 1 aromatic heterocycles. The van der Waals surface area contributed by atoms with E-state index in [1.807, 2.05) is 11.6 Å². The van der Waals surface area contributed by atoms with Crippen LogP contribution in [0.15, 0.2) is 41.4 Å². The summed E-state index contributed by atoms with van der Waals surface area (Å²) in [5.41, 5.74) is 1.31. The fourth-order valence-corrected chi connectivity index (χ4v) is 2.75. The molecule has 0 aliphatic rings. The van der Waals surface area contributed by atoms with Crippen LogP contribution in [0.5, 0.6) is 0 Å². The van der Waals surface area contributed by atoms with Crippen LogP contribution in [-0.4, -0.2) is 25.2 Å². The molecule has 110 valence electrons. The number of hydrogen-bond acceptors (Lipinski definition) is 4. The number of benzene rings is 1. The molecule has 0 saturated carbocycles. The molecule has 2 rings (SSSR count). The van der Waals surface area contributed by atoms with Crippen molar-refractivity contribution in [3.8, 4) is 0 Å². The molecule has 0 radical (unpaired) electrons. The van der Waals surface area contributed by atoms with Crippen molar-refractivity contribution in [1.82, 2.24) is 9.29 Å². The number of nitrogens with one attached hydrogen (secondary N) is 1. The molecule has 0 bridgehead atoms. The zero-order valence-electron chi connectivity index (χ0n) is 11.5. The van der Waals surface area contributed by atoms with Gasteiger partial charge < -0.3 is 4.57 Å². The number of aromatic nitrogens is 1. The molecule has 0 spiro atoms. The van der Waals surface area contributed by atoms with Crippen molar-refractivity contribution in [2.45, 2.75) is 11.8 Å². The zero-order valence-corrected chi connectivity index (χ0v) is 12.3. The van der Waals surface area contributed by atoms with Crippen LogP contribution in [0.3, 0.4) is 0 Å². The first-order valence-corrected chi connectivity index (χ1v) is 7.57. The molecule has 1 heterocycles. The SMILES string of the molecule is Cc1ccc(S(=O)(=O)NC(=O)c2cc(C=O)n(C)c2)cc1. The highest BCUT2D eigenvalue weighted by Gasteiger charge is 2.19. The van der Waals surface area contributed by atoms with Crippen LogP contribution >= 0.6 is 0 Å². The van der Waals surface area contributed by atoms with Crippen molar-refractivity contribution >= 4 is 22.2 Å². The Labute approximate surface area is 122 Å². The van der Waals surface area contributed by atoms with E-state index in [1.165, 1.54) is 29.0 Å². The van der Waals surface area contributed by atoms with E-state index in [2.05, 4.69) is 0 Å². The van der Waals surface area contributed by atoms with Gasteiger partial charge in [-0.2, -0.15) is 0 Å². The molecule has 21 heavy (non-hydrogen) atoms. The van der Waals surface area contributed by atoms with Crippen LogP contribution in [0.4, 0.5) is 0 Å². The second kappa shape index (κ2) is 5.53. The van der Waals surface area contributed by atoms with E-state index in [4.69, 9.17) is 0 Å². The van der Waals surface area contributed by atoms with Crippen LogP contribution in [0.2, 0.25) is 0 Å². The van der Waals surface area contributed by atoms with Gasteiger partial charge in [0.15, 0.2) is 6.29 Å². The monoisotopic (exact) mass is 306 g/mol. The molecular formula is C14H14N2O4S. The molecule has 0 fully saturated rings. The summed E-state index contributed by atoms with van der Waals surface area (Å²) < 4.78 is 27.6. The average molecular weight is 306 g/mol. The smallest absolute Gasteiger partial charge is 0.266 e. The molecule has 0 aliphatic carbocycles. The maximum absolute atomic E-state index is 12.1. The molecule has 0 aliphatic heterocycles. The molecule has 1 N–H and O–H groups in total. The van der Waals surface area contributed by atoms with Gasteiger partial charge in [-0.3, -0.25) is 9.59 Å². The van der Waals surface area contributed by atoms with E-state index in [0.29, 0.717) is 6.29 Å². The third kappa shape index (κ3) is 3.19. The first-order chi connectivity index (χ1) is 9.83. The number of carbonyl (C=O) groups is 2.